The molecule has 134 valence electrons. The molecule has 4 aromatic rings. The molecule has 2 nitrogen and oxygen atoms in total. The van der Waals surface area contributed by atoms with Gasteiger partial charge in [0.05, 0.1) is 5.69 Å². The van der Waals surface area contributed by atoms with Gasteiger partial charge >= 0.3 is 0 Å². The Morgan fingerprint density at radius 3 is 2.30 bits per heavy atom. The van der Waals surface area contributed by atoms with E-state index in [-0.39, 0.29) is 0 Å². The molecule has 0 radical (unpaired) electrons. The Labute approximate surface area is 160 Å². The van der Waals surface area contributed by atoms with E-state index in [1.807, 2.05) is 6.21 Å². The molecule has 0 saturated carbocycles. The standard InChI is InChI=1S/C25H24N2/c1-17-9-12-25(13-18(17)2)27-19(3)14-23(20(27)4)16-26-24-11-10-21-7-5-6-8-22(21)15-24/h5-16H,1-4H3. The van der Waals surface area contributed by atoms with Gasteiger partial charge in [0.1, 0.15) is 0 Å². The van der Waals surface area contributed by atoms with Gasteiger partial charge in [-0.2, -0.15) is 0 Å². The van der Waals surface area contributed by atoms with Gasteiger partial charge in [-0.3, -0.25) is 4.99 Å². The van der Waals surface area contributed by atoms with Crippen LogP contribution in [0.25, 0.3) is 16.5 Å². The molecular weight excluding hydrogens is 328 g/mol. The number of hydrogen-bond donors (Lipinski definition) is 0. The summed E-state index contributed by atoms with van der Waals surface area (Å²) in [6, 6.07) is 23.5. The first-order chi connectivity index (χ1) is 13.0. The molecule has 0 aliphatic heterocycles. The average molecular weight is 352 g/mol. The number of aliphatic imine (C=N–C) groups is 1. The topological polar surface area (TPSA) is 17.3 Å². The lowest BCUT2D eigenvalue weighted by Crippen LogP contribution is -2.00. The normalized spacial score (nSPS) is 11.6. The minimum Gasteiger partial charge on any atom is -0.318 e. The van der Waals surface area contributed by atoms with E-state index in [1.165, 1.54) is 39.0 Å². The molecule has 3 aromatic carbocycles. The van der Waals surface area contributed by atoms with Crippen LogP contribution in [-0.2, 0) is 0 Å². The van der Waals surface area contributed by atoms with Crippen LogP contribution in [0.2, 0.25) is 0 Å². The van der Waals surface area contributed by atoms with Crippen LogP contribution < -0.4 is 0 Å². The number of aryl methyl sites for hydroxylation is 3. The number of nitrogens with zero attached hydrogens (tertiary/aromatic N) is 2. The minimum atomic E-state index is 0.977. The van der Waals surface area contributed by atoms with Crippen molar-refractivity contribution in [3.63, 3.8) is 0 Å². The summed E-state index contributed by atoms with van der Waals surface area (Å²) in [5.74, 6) is 0. The molecule has 0 amide bonds. The van der Waals surface area contributed by atoms with Gasteiger partial charge in [-0.15, -0.1) is 0 Å². The largest absolute Gasteiger partial charge is 0.318 e. The molecule has 0 spiro atoms. The summed E-state index contributed by atoms with van der Waals surface area (Å²) in [5, 5.41) is 2.46. The second-order valence-corrected chi connectivity index (χ2v) is 7.22. The van der Waals surface area contributed by atoms with Crippen molar-refractivity contribution in [2.24, 2.45) is 4.99 Å². The summed E-state index contributed by atoms with van der Waals surface area (Å²) >= 11 is 0. The van der Waals surface area contributed by atoms with Crippen LogP contribution in [0.3, 0.4) is 0 Å². The van der Waals surface area contributed by atoms with E-state index in [2.05, 4.69) is 99.0 Å². The molecule has 0 N–H and O–H groups in total. The summed E-state index contributed by atoms with van der Waals surface area (Å²) in [6.07, 6.45) is 1.98. The van der Waals surface area contributed by atoms with Crippen LogP contribution in [0.5, 0.6) is 0 Å². The molecule has 1 aromatic heterocycles. The number of hydrogen-bond acceptors (Lipinski definition) is 1. The molecule has 0 saturated heterocycles. The lowest BCUT2D eigenvalue weighted by Gasteiger charge is -2.11. The minimum absolute atomic E-state index is 0.977. The molecule has 1 heterocycles. The quantitative estimate of drug-likeness (QED) is 0.369. The molecule has 0 atom stereocenters. The third kappa shape index (κ3) is 3.31. The number of fused-ring (bicyclic) bond motifs is 1. The Balaban J connectivity index is 1.70. The number of rotatable bonds is 3. The molecule has 0 aliphatic carbocycles. The van der Waals surface area contributed by atoms with Crippen LogP contribution in [-0.4, -0.2) is 10.8 Å². The van der Waals surface area contributed by atoms with Crippen LogP contribution in [0.4, 0.5) is 5.69 Å². The molecule has 0 fully saturated rings. The second kappa shape index (κ2) is 6.88. The summed E-state index contributed by atoms with van der Waals surface area (Å²) in [7, 11) is 0. The zero-order valence-corrected chi connectivity index (χ0v) is 16.3. The molecule has 0 unspecified atom stereocenters. The maximum Gasteiger partial charge on any atom is 0.0636 e. The second-order valence-electron chi connectivity index (χ2n) is 7.22. The van der Waals surface area contributed by atoms with E-state index in [9.17, 15) is 0 Å². The molecule has 4 rings (SSSR count). The van der Waals surface area contributed by atoms with Crippen molar-refractivity contribution >= 4 is 22.7 Å². The van der Waals surface area contributed by atoms with E-state index >= 15 is 0 Å². The lowest BCUT2D eigenvalue weighted by molar-refractivity contribution is 0.961. The molecule has 0 aliphatic rings. The highest BCUT2D eigenvalue weighted by atomic mass is 15.0. The predicted molar refractivity (Wildman–Crippen MR) is 116 cm³/mol. The maximum absolute atomic E-state index is 4.73. The molecule has 27 heavy (non-hydrogen) atoms. The average Bonchev–Trinajstić information content (AvgIpc) is 2.95. The summed E-state index contributed by atoms with van der Waals surface area (Å²) in [5.41, 5.74) is 8.39. The van der Waals surface area contributed by atoms with E-state index in [0.717, 1.165) is 11.3 Å². The Kier molecular flexibility index (Phi) is 4.41. The van der Waals surface area contributed by atoms with Crippen LogP contribution in [0, 0.1) is 27.7 Å². The third-order valence-corrected chi connectivity index (χ3v) is 5.30. The van der Waals surface area contributed by atoms with Crippen LogP contribution >= 0.6 is 0 Å². The van der Waals surface area contributed by atoms with Crippen molar-refractivity contribution in [3.05, 3.63) is 94.8 Å². The predicted octanol–water partition coefficient (Wildman–Crippen LogP) is 6.61. The fourth-order valence-corrected chi connectivity index (χ4v) is 3.58. The van der Waals surface area contributed by atoms with E-state index in [0.29, 0.717) is 0 Å². The zero-order chi connectivity index (χ0) is 19.0. The van der Waals surface area contributed by atoms with Gasteiger partial charge in [0.25, 0.3) is 0 Å². The monoisotopic (exact) mass is 352 g/mol. The summed E-state index contributed by atoms with van der Waals surface area (Å²) in [6.45, 7) is 8.62. The summed E-state index contributed by atoms with van der Waals surface area (Å²) in [4.78, 5) is 4.73. The highest BCUT2D eigenvalue weighted by molar-refractivity contribution is 5.88. The smallest absolute Gasteiger partial charge is 0.0636 e. The number of aromatic nitrogens is 1. The van der Waals surface area contributed by atoms with Crippen molar-refractivity contribution in [2.45, 2.75) is 27.7 Å². The van der Waals surface area contributed by atoms with Gasteiger partial charge in [0.15, 0.2) is 0 Å². The van der Waals surface area contributed by atoms with E-state index < -0.39 is 0 Å². The van der Waals surface area contributed by atoms with Crippen molar-refractivity contribution in [1.29, 1.82) is 0 Å². The first-order valence-electron chi connectivity index (χ1n) is 9.32. The van der Waals surface area contributed by atoms with Gasteiger partial charge in [0, 0.05) is 28.9 Å². The fraction of sp³-hybridized carbons (Fsp3) is 0.160. The van der Waals surface area contributed by atoms with Gasteiger partial charge in [-0.25, -0.2) is 0 Å². The lowest BCUT2D eigenvalue weighted by atomic mass is 10.1. The Morgan fingerprint density at radius 2 is 1.52 bits per heavy atom. The first kappa shape index (κ1) is 17.3. The van der Waals surface area contributed by atoms with Crippen molar-refractivity contribution in [2.75, 3.05) is 0 Å². The Bertz CT molecular complexity index is 1160. The Morgan fingerprint density at radius 1 is 0.741 bits per heavy atom. The third-order valence-electron chi connectivity index (χ3n) is 5.30. The van der Waals surface area contributed by atoms with Gasteiger partial charge in [-0.1, -0.05) is 36.4 Å². The van der Waals surface area contributed by atoms with Gasteiger partial charge < -0.3 is 4.57 Å². The van der Waals surface area contributed by atoms with Crippen molar-refractivity contribution in [3.8, 4) is 5.69 Å². The molecule has 0 bridgehead atoms. The Hall–Kier alpha value is -3.13. The first-order valence-corrected chi connectivity index (χ1v) is 9.32. The highest BCUT2D eigenvalue weighted by Gasteiger charge is 2.10. The highest BCUT2D eigenvalue weighted by Crippen LogP contribution is 2.24. The fourth-order valence-electron chi connectivity index (χ4n) is 3.58. The zero-order valence-electron chi connectivity index (χ0n) is 16.3. The van der Waals surface area contributed by atoms with E-state index in [1.54, 1.807) is 0 Å². The summed E-state index contributed by atoms with van der Waals surface area (Å²) < 4.78 is 2.30. The van der Waals surface area contributed by atoms with Gasteiger partial charge in [0.2, 0.25) is 0 Å². The maximum atomic E-state index is 4.73. The van der Waals surface area contributed by atoms with Crippen LogP contribution in [0.15, 0.2) is 71.7 Å². The van der Waals surface area contributed by atoms with Gasteiger partial charge in [-0.05, 0) is 79.9 Å². The number of benzene rings is 3. The molecular formula is C25H24N2. The van der Waals surface area contributed by atoms with Crippen LogP contribution in [0.1, 0.15) is 28.1 Å². The molecule has 2 heteroatoms. The van der Waals surface area contributed by atoms with Crippen molar-refractivity contribution in [1.82, 2.24) is 4.57 Å². The SMILES string of the molecule is Cc1ccc(-n2c(C)cc(C=Nc3ccc4ccccc4c3)c2C)cc1C. The van der Waals surface area contributed by atoms with Crippen molar-refractivity contribution < 1.29 is 0 Å². The van der Waals surface area contributed by atoms with E-state index in [4.69, 9.17) is 4.99 Å².